The van der Waals surface area contributed by atoms with Gasteiger partial charge in [0.2, 0.25) is 5.91 Å². The van der Waals surface area contributed by atoms with E-state index in [1.165, 1.54) is 5.56 Å². The summed E-state index contributed by atoms with van der Waals surface area (Å²) >= 11 is 0. The van der Waals surface area contributed by atoms with Crippen LogP contribution in [-0.2, 0) is 11.2 Å². The van der Waals surface area contributed by atoms with Crippen molar-refractivity contribution in [3.63, 3.8) is 0 Å². The van der Waals surface area contributed by atoms with E-state index in [9.17, 15) is 4.79 Å². The van der Waals surface area contributed by atoms with Crippen LogP contribution in [0.2, 0.25) is 0 Å². The van der Waals surface area contributed by atoms with Gasteiger partial charge in [-0.05, 0) is 25.8 Å². The van der Waals surface area contributed by atoms with Crippen LogP contribution in [0.25, 0.3) is 11.3 Å². The molecule has 0 spiro atoms. The topological polar surface area (TPSA) is 67.2 Å². The van der Waals surface area contributed by atoms with Gasteiger partial charge < -0.3 is 15.1 Å². The third-order valence-corrected chi connectivity index (χ3v) is 4.63. The van der Waals surface area contributed by atoms with Gasteiger partial charge in [-0.2, -0.15) is 0 Å². The van der Waals surface area contributed by atoms with E-state index < -0.39 is 0 Å². The summed E-state index contributed by atoms with van der Waals surface area (Å²) < 4.78 is 5.77. The number of benzene rings is 1. The number of nitrogens with one attached hydrogen (secondary N) is 2. The van der Waals surface area contributed by atoms with Gasteiger partial charge in [0.05, 0.1) is 6.20 Å². The van der Waals surface area contributed by atoms with Crippen molar-refractivity contribution in [2.24, 2.45) is 5.92 Å². The molecule has 1 aliphatic rings. The monoisotopic (exact) mass is 399 g/mol. The molecule has 1 fully saturated rings. The number of rotatable bonds is 5. The molecule has 1 aromatic carbocycles. The van der Waals surface area contributed by atoms with Gasteiger partial charge >= 0.3 is 0 Å². The first-order chi connectivity index (χ1) is 11.6. The Kier molecular flexibility index (Phi) is 9.13. The number of carbonyl (C=O) groups excluding carboxylic acids is 1. The van der Waals surface area contributed by atoms with Crippen LogP contribution >= 0.6 is 24.8 Å². The molecule has 0 saturated carbocycles. The minimum absolute atomic E-state index is 0. The number of amides is 1. The first-order valence-electron chi connectivity index (χ1n) is 8.63. The number of nitrogens with zero attached hydrogens (tertiary/aromatic N) is 1. The SMILES string of the molecule is Cc1ccc(-c2cnc(CCC(=O)NC3CNCCC3C)o2)cc1.Cl.Cl. The Hall–Kier alpha value is -1.56. The maximum atomic E-state index is 12.1. The van der Waals surface area contributed by atoms with E-state index >= 15 is 0 Å². The first kappa shape index (κ1) is 22.5. The molecule has 0 bridgehead atoms. The molecule has 2 unspecified atom stereocenters. The van der Waals surface area contributed by atoms with E-state index in [4.69, 9.17) is 4.42 Å². The molecule has 26 heavy (non-hydrogen) atoms. The van der Waals surface area contributed by atoms with E-state index in [-0.39, 0.29) is 36.8 Å². The predicted molar refractivity (Wildman–Crippen MR) is 108 cm³/mol. The lowest BCUT2D eigenvalue weighted by Gasteiger charge is -2.30. The average molecular weight is 400 g/mol. The van der Waals surface area contributed by atoms with Crippen molar-refractivity contribution in [1.82, 2.24) is 15.6 Å². The number of hydrogen-bond donors (Lipinski definition) is 2. The third-order valence-electron chi connectivity index (χ3n) is 4.63. The zero-order valence-corrected chi connectivity index (χ0v) is 16.8. The smallest absolute Gasteiger partial charge is 0.220 e. The van der Waals surface area contributed by atoms with Crippen molar-refractivity contribution in [2.75, 3.05) is 13.1 Å². The van der Waals surface area contributed by atoms with Crippen LogP contribution in [-0.4, -0.2) is 30.0 Å². The van der Waals surface area contributed by atoms with Gasteiger partial charge in [-0.3, -0.25) is 4.79 Å². The minimum atomic E-state index is 0. The second-order valence-corrected chi connectivity index (χ2v) is 6.63. The van der Waals surface area contributed by atoms with Crippen LogP contribution in [0.4, 0.5) is 0 Å². The fraction of sp³-hybridized carbons (Fsp3) is 0.474. The summed E-state index contributed by atoms with van der Waals surface area (Å²) in [5.74, 6) is 1.93. The van der Waals surface area contributed by atoms with Gasteiger partial charge in [-0.1, -0.05) is 36.8 Å². The molecule has 7 heteroatoms. The Morgan fingerprint density at radius 1 is 1.31 bits per heavy atom. The van der Waals surface area contributed by atoms with E-state index in [0.717, 1.165) is 30.8 Å². The highest BCUT2D eigenvalue weighted by molar-refractivity contribution is 5.85. The zero-order valence-electron chi connectivity index (χ0n) is 15.2. The largest absolute Gasteiger partial charge is 0.441 e. The third kappa shape index (κ3) is 6.01. The first-order valence-corrected chi connectivity index (χ1v) is 8.63. The van der Waals surface area contributed by atoms with Gasteiger partial charge in [-0.15, -0.1) is 24.8 Å². The molecule has 0 radical (unpaired) electrons. The second kappa shape index (κ2) is 10.6. The van der Waals surface area contributed by atoms with Gasteiger partial charge in [0.1, 0.15) is 0 Å². The second-order valence-electron chi connectivity index (χ2n) is 6.63. The molecule has 1 aromatic heterocycles. The van der Waals surface area contributed by atoms with Crippen LogP contribution < -0.4 is 10.6 Å². The lowest BCUT2D eigenvalue weighted by Crippen LogP contribution is -2.50. The highest BCUT2D eigenvalue weighted by atomic mass is 35.5. The molecule has 2 heterocycles. The van der Waals surface area contributed by atoms with E-state index in [2.05, 4.69) is 29.5 Å². The molecule has 5 nitrogen and oxygen atoms in total. The zero-order chi connectivity index (χ0) is 16.9. The lowest BCUT2D eigenvalue weighted by molar-refractivity contribution is -0.122. The molecule has 2 aromatic rings. The van der Waals surface area contributed by atoms with E-state index in [1.54, 1.807) is 6.20 Å². The minimum Gasteiger partial charge on any atom is -0.441 e. The normalized spacial score (nSPS) is 19.2. The molecule has 1 amide bonds. The van der Waals surface area contributed by atoms with Crippen LogP contribution in [0.1, 0.15) is 31.2 Å². The summed E-state index contributed by atoms with van der Waals surface area (Å²) in [6, 6.07) is 8.35. The number of piperidine rings is 1. The number of hydrogen-bond acceptors (Lipinski definition) is 4. The summed E-state index contributed by atoms with van der Waals surface area (Å²) in [6.07, 6.45) is 3.75. The van der Waals surface area contributed by atoms with Crippen LogP contribution in [0.15, 0.2) is 34.9 Å². The summed E-state index contributed by atoms with van der Waals surface area (Å²) in [6.45, 7) is 6.12. The quantitative estimate of drug-likeness (QED) is 0.806. The van der Waals surface area contributed by atoms with E-state index in [1.807, 2.05) is 24.3 Å². The molecule has 144 valence electrons. The number of aromatic nitrogens is 1. The summed E-state index contributed by atoms with van der Waals surface area (Å²) in [7, 11) is 0. The fourth-order valence-corrected chi connectivity index (χ4v) is 2.96. The van der Waals surface area contributed by atoms with Gasteiger partial charge in [0.25, 0.3) is 0 Å². The fourth-order valence-electron chi connectivity index (χ4n) is 2.96. The van der Waals surface area contributed by atoms with Gasteiger partial charge in [-0.25, -0.2) is 4.98 Å². The number of aryl methyl sites for hydroxylation is 2. The van der Waals surface area contributed by atoms with Crippen molar-refractivity contribution >= 4 is 30.7 Å². The Morgan fingerprint density at radius 2 is 2.04 bits per heavy atom. The Bertz CT molecular complexity index is 688. The van der Waals surface area contributed by atoms with Gasteiger partial charge in [0, 0.05) is 31.0 Å². The Labute approximate surface area is 167 Å². The summed E-state index contributed by atoms with van der Waals surface area (Å²) in [4.78, 5) is 16.4. The highest BCUT2D eigenvalue weighted by Gasteiger charge is 2.22. The molecule has 3 rings (SSSR count). The van der Waals surface area contributed by atoms with Crippen molar-refractivity contribution in [2.45, 2.75) is 39.2 Å². The van der Waals surface area contributed by atoms with Crippen molar-refractivity contribution in [1.29, 1.82) is 0 Å². The average Bonchev–Trinajstić information content (AvgIpc) is 3.05. The number of halogens is 2. The maximum Gasteiger partial charge on any atom is 0.220 e. The number of oxazole rings is 1. The summed E-state index contributed by atoms with van der Waals surface area (Å²) in [5.41, 5.74) is 2.22. The standard InChI is InChI=1S/C19H25N3O2.2ClH/c1-13-3-5-15(6-4-13)17-12-21-19(24-17)8-7-18(23)22-16-11-20-10-9-14(16)2;;/h3-6,12,14,16,20H,7-11H2,1-2H3,(H,22,23);2*1H. The molecule has 1 saturated heterocycles. The molecule has 1 aliphatic heterocycles. The van der Waals surface area contributed by atoms with Crippen LogP contribution in [0.3, 0.4) is 0 Å². The Morgan fingerprint density at radius 3 is 2.73 bits per heavy atom. The van der Waals surface area contributed by atoms with Gasteiger partial charge in [0.15, 0.2) is 11.7 Å². The number of carbonyl (C=O) groups is 1. The molecular formula is C19H27Cl2N3O2. The van der Waals surface area contributed by atoms with Crippen LogP contribution in [0, 0.1) is 12.8 Å². The van der Waals surface area contributed by atoms with Crippen molar-refractivity contribution in [3.8, 4) is 11.3 Å². The van der Waals surface area contributed by atoms with Crippen LogP contribution in [0.5, 0.6) is 0 Å². The molecular weight excluding hydrogens is 373 g/mol. The highest BCUT2D eigenvalue weighted by Crippen LogP contribution is 2.21. The lowest BCUT2D eigenvalue weighted by atomic mass is 9.95. The maximum absolute atomic E-state index is 12.1. The predicted octanol–water partition coefficient (Wildman–Crippen LogP) is 3.54. The molecule has 0 aliphatic carbocycles. The van der Waals surface area contributed by atoms with Crippen molar-refractivity contribution < 1.29 is 9.21 Å². The van der Waals surface area contributed by atoms with E-state index in [0.29, 0.717) is 24.7 Å². The Balaban J connectivity index is 0.00000169. The van der Waals surface area contributed by atoms with Crippen molar-refractivity contribution in [3.05, 3.63) is 41.9 Å². The molecule has 2 atom stereocenters. The molecule has 2 N–H and O–H groups in total. The summed E-state index contributed by atoms with van der Waals surface area (Å²) in [5, 5.41) is 6.44.